The highest BCUT2D eigenvalue weighted by atomic mass is 35.5. The summed E-state index contributed by atoms with van der Waals surface area (Å²) in [7, 11) is 0. The molecule has 9 heteroatoms. The van der Waals surface area contributed by atoms with Crippen LogP contribution >= 0.6 is 11.6 Å². The number of aromatic nitrogens is 2. The molecule has 0 spiro atoms. The highest BCUT2D eigenvalue weighted by Gasteiger charge is 2.35. The van der Waals surface area contributed by atoms with Crippen molar-refractivity contribution in [2.24, 2.45) is 0 Å². The molecule has 0 saturated heterocycles. The summed E-state index contributed by atoms with van der Waals surface area (Å²) in [6.45, 7) is 0.0797. The van der Waals surface area contributed by atoms with Crippen LogP contribution in [0.3, 0.4) is 0 Å². The Morgan fingerprint density at radius 3 is 2.62 bits per heavy atom. The number of hydrogen-bond acceptors (Lipinski definition) is 5. The van der Waals surface area contributed by atoms with E-state index in [0.29, 0.717) is 11.5 Å². The molecular weight excluding hydrogens is 313 g/mol. The van der Waals surface area contributed by atoms with Gasteiger partial charge in [-0.15, -0.1) is 0 Å². The summed E-state index contributed by atoms with van der Waals surface area (Å²) in [5.74, 6) is -0.489. The van der Waals surface area contributed by atoms with Crippen LogP contribution in [0, 0.1) is 0 Å². The fourth-order valence-electron chi connectivity index (χ4n) is 1.64. The third-order valence-corrected chi connectivity index (χ3v) is 2.69. The maximum atomic E-state index is 12.6. The first-order chi connectivity index (χ1) is 9.91. The molecule has 1 aromatic heterocycles. The standard InChI is InChI=1S/C12H6ClF3N2O3/c13-9-4-10(18-11(17-9)12(14,15)16)21-6-1-2-7-8(3-6)20-5-19-7/h1-4H,5H2. The van der Waals surface area contributed by atoms with Crippen molar-refractivity contribution in [2.75, 3.05) is 6.79 Å². The molecule has 0 bridgehead atoms. The van der Waals surface area contributed by atoms with Crippen LogP contribution in [0.25, 0.3) is 0 Å². The predicted octanol–water partition coefficient (Wildman–Crippen LogP) is 3.67. The minimum absolute atomic E-state index is 0.0797. The summed E-state index contributed by atoms with van der Waals surface area (Å²) >= 11 is 5.54. The van der Waals surface area contributed by atoms with Gasteiger partial charge in [0, 0.05) is 12.1 Å². The minimum Gasteiger partial charge on any atom is -0.454 e. The number of hydrogen-bond donors (Lipinski definition) is 0. The van der Waals surface area contributed by atoms with E-state index in [4.69, 9.17) is 25.8 Å². The van der Waals surface area contributed by atoms with Gasteiger partial charge in [-0.25, -0.2) is 4.98 Å². The first-order valence-electron chi connectivity index (χ1n) is 5.61. The molecule has 2 aromatic rings. The van der Waals surface area contributed by atoms with Gasteiger partial charge in [0.25, 0.3) is 0 Å². The van der Waals surface area contributed by atoms with Gasteiger partial charge in [0.2, 0.25) is 18.5 Å². The fraction of sp³-hybridized carbons (Fsp3) is 0.167. The van der Waals surface area contributed by atoms with E-state index in [1.54, 1.807) is 6.07 Å². The van der Waals surface area contributed by atoms with E-state index in [1.807, 2.05) is 0 Å². The average Bonchev–Trinajstić information content (AvgIpc) is 2.84. The summed E-state index contributed by atoms with van der Waals surface area (Å²) in [6.07, 6.45) is -4.71. The fourth-order valence-corrected chi connectivity index (χ4v) is 1.81. The molecule has 0 unspecified atom stereocenters. The van der Waals surface area contributed by atoms with E-state index in [2.05, 4.69) is 9.97 Å². The monoisotopic (exact) mass is 318 g/mol. The molecule has 1 aliphatic heterocycles. The zero-order chi connectivity index (χ0) is 15.0. The van der Waals surface area contributed by atoms with E-state index in [9.17, 15) is 13.2 Å². The summed E-state index contributed by atoms with van der Waals surface area (Å²) in [5, 5.41) is -0.368. The van der Waals surface area contributed by atoms with Crippen LogP contribution in [0.1, 0.15) is 5.82 Å². The number of fused-ring (bicyclic) bond motifs is 1. The second-order valence-electron chi connectivity index (χ2n) is 3.97. The van der Waals surface area contributed by atoms with Crippen molar-refractivity contribution >= 4 is 11.6 Å². The Labute approximate surface area is 121 Å². The van der Waals surface area contributed by atoms with Gasteiger partial charge in [-0.05, 0) is 12.1 Å². The molecule has 3 rings (SSSR count). The van der Waals surface area contributed by atoms with E-state index in [1.165, 1.54) is 12.1 Å². The van der Waals surface area contributed by atoms with Gasteiger partial charge in [-0.3, -0.25) is 0 Å². The number of ether oxygens (including phenoxy) is 3. The zero-order valence-corrected chi connectivity index (χ0v) is 10.9. The number of alkyl halides is 3. The normalized spacial score (nSPS) is 13.3. The van der Waals surface area contributed by atoms with E-state index < -0.39 is 12.0 Å². The third kappa shape index (κ3) is 2.94. The van der Waals surface area contributed by atoms with Crippen LogP contribution < -0.4 is 14.2 Å². The average molecular weight is 319 g/mol. The number of nitrogens with zero attached hydrogens (tertiary/aromatic N) is 2. The first-order valence-corrected chi connectivity index (χ1v) is 5.99. The molecule has 0 saturated carbocycles. The molecule has 1 aromatic carbocycles. The molecular formula is C12H6ClF3N2O3. The third-order valence-electron chi connectivity index (χ3n) is 2.49. The van der Waals surface area contributed by atoms with Crippen molar-refractivity contribution in [1.82, 2.24) is 9.97 Å². The summed E-state index contributed by atoms with van der Waals surface area (Å²) in [5.41, 5.74) is 0. The predicted molar refractivity (Wildman–Crippen MR) is 64.7 cm³/mol. The van der Waals surface area contributed by atoms with Crippen molar-refractivity contribution < 1.29 is 27.4 Å². The first kappa shape index (κ1) is 13.7. The molecule has 5 nitrogen and oxygen atoms in total. The maximum Gasteiger partial charge on any atom is 0.451 e. The van der Waals surface area contributed by atoms with Crippen LogP contribution in [0.4, 0.5) is 13.2 Å². The minimum atomic E-state index is -4.71. The number of rotatable bonds is 2. The molecule has 110 valence electrons. The molecule has 0 radical (unpaired) electrons. The van der Waals surface area contributed by atoms with Gasteiger partial charge < -0.3 is 14.2 Å². The van der Waals surface area contributed by atoms with E-state index in [0.717, 1.165) is 6.07 Å². The Bertz CT molecular complexity index is 694. The van der Waals surface area contributed by atoms with Crippen LogP contribution in [-0.4, -0.2) is 16.8 Å². The van der Waals surface area contributed by atoms with Crippen molar-refractivity contribution in [3.8, 4) is 23.1 Å². The second-order valence-corrected chi connectivity index (χ2v) is 4.35. The van der Waals surface area contributed by atoms with Crippen LogP contribution in [-0.2, 0) is 6.18 Å². The van der Waals surface area contributed by atoms with Crippen LogP contribution in [0.2, 0.25) is 5.15 Å². The maximum absolute atomic E-state index is 12.6. The SMILES string of the molecule is FC(F)(F)c1nc(Cl)cc(Oc2ccc3c(c2)OCO3)n1. The summed E-state index contributed by atoms with van der Waals surface area (Å²) < 4.78 is 53.3. The lowest BCUT2D eigenvalue weighted by atomic mass is 10.3. The van der Waals surface area contributed by atoms with Crippen molar-refractivity contribution in [2.45, 2.75) is 6.18 Å². The largest absolute Gasteiger partial charge is 0.454 e. The Balaban J connectivity index is 1.89. The van der Waals surface area contributed by atoms with Crippen molar-refractivity contribution in [1.29, 1.82) is 0 Å². The van der Waals surface area contributed by atoms with Gasteiger partial charge in [0.15, 0.2) is 11.5 Å². The van der Waals surface area contributed by atoms with Gasteiger partial charge in [0.05, 0.1) is 0 Å². The molecule has 21 heavy (non-hydrogen) atoms. The smallest absolute Gasteiger partial charge is 0.451 e. The van der Waals surface area contributed by atoms with E-state index in [-0.39, 0.29) is 23.6 Å². The van der Waals surface area contributed by atoms with Gasteiger partial charge >= 0.3 is 6.18 Å². The molecule has 0 amide bonds. The van der Waals surface area contributed by atoms with Crippen LogP contribution in [0.15, 0.2) is 24.3 Å². The molecule has 0 aliphatic carbocycles. The molecule has 2 heterocycles. The summed E-state index contributed by atoms with van der Waals surface area (Å²) in [4.78, 5) is 6.39. The van der Waals surface area contributed by atoms with Crippen LogP contribution in [0.5, 0.6) is 23.1 Å². The summed E-state index contributed by atoms with van der Waals surface area (Å²) in [6, 6.07) is 5.65. The highest BCUT2D eigenvalue weighted by molar-refractivity contribution is 6.29. The lowest BCUT2D eigenvalue weighted by Gasteiger charge is -2.09. The number of halogens is 4. The lowest BCUT2D eigenvalue weighted by Crippen LogP contribution is -2.11. The van der Waals surface area contributed by atoms with Gasteiger partial charge in [-0.2, -0.15) is 18.2 Å². The van der Waals surface area contributed by atoms with Gasteiger partial charge in [0.1, 0.15) is 10.9 Å². The Morgan fingerprint density at radius 2 is 1.86 bits per heavy atom. The topological polar surface area (TPSA) is 53.5 Å². The van der Waals surface area contributed by atoms with E-state index >= 15 is 0 Å². The molecule has 1 aliphatic rings. The quantitative estimate of drug-likeness (QED) is 0.791. The number of benzene rings is 1. The van der Waals surface area contributed by atoms with Crippen molar-refractivity contribution in [3.63, 3.8) is 0 Å². The molecule has 0 atom stereocenters. The Morgan fingerprint density at radius 1 is 1.10 bits per heavy atom. The second kappa shape index (κ2) is 4.96. The molecule has 0 N–H and O–H groups in total. The Hall–Kier alpha value is -2.22. The zero-order valence-electron chi connectivity index (χ0n) is 10.1. The van der Waals surface area contributed by atoms with Crippen molar-refractivity contribution in [3.05, 3.63) is 35.2 Å². The Kier molecular flexibility index (Phi) is 3.25. The highest BCUT2D eigenvalue weighted by Crippen LogP contribution is 2.37. The molecule has 0 fully saturated rings. The lowest BCUT2D eigenvalue weighted by molar-refractivity contribution is -0.145. The van der Waals surface area contributed by atoms with Gasteiger partial charge in [-0.1, -0.05) is 11.6 Å².